The van der Waals surface area contributed by atoms with Gasteiger partial charge >= 0.3 is 0 Å². The molecule has 0 saturated heterocycles. The van der Waals surface area contributed by atoms with Crippen LogP contribution in [0.4, 0.5) is 0 Å². The number of rotatable bonds is 15. The average molecular weight is 821 g/mol. The molecule has 0 aliphatic rings. The minimum atomic E-state index is -1.66. The summed E-state index contributed by atoms with van der Waals surface area (Å²) in [4.78, 5) is 0. The minimum absolute atomic E-state index is 0. The van der Waals surface area contributed by atoms with E-state index in [1.807, 2.05) is 0 Å². The van der Waals surface area contributed by atoms with E-state index < -0.39 is 14.5 Å². The number of hydrogen-bond acceptors (Lipinski definition) is 0. The first-order chi connectivity index (χ1) is 23.7. The second kappa shape index (κ2) is 20.5. The Kier molecular flexibility index (Phi) is 16.1. The molecule has 4 heteroatoms. The van der Waals surface area contributed by atoms with E-state index in [0.29, 0.717) is 0 Å². The Bertz CT molecular complexity index is 1500. The smallest absolute Gasteiger partial charge is 0.0890 e. The molecule has 0 unspecified atom stereocenters. The Morgan fingerprint density at radius 3 is 0.580 bits per heavy atom. The summed E-state index contributed by atoms with van der Waals surface area (Å²) in [5.41, 5.74) is 8.53. The first-order valence-electron chi connectivity index (χ1n) is 17.0. The Balaban J connectivity index is 0.00000281. The van der Waals surface area contributed by atoms with Gasteiger partial charge in [0.05, 0.1) is 63.1 Å². The molecule has 0 nitrogen and oxygen atoms in total. The lowest BCUT2D eigenvalue weighted by molar-refractivity contribution is -0.001000. The molecule has 0 aliphatic carbocycles. The van der Waals surface area contributed by atoms with Crippen molar-refractivity contribution in [2.45, 2.75) is 37.0 Å². The van der Waals surface area contributed by atoms with Crippen LogP contribution in [0.1, 0.15) is 33.4 Å². The molecule has 0 aromatic heterocycles. The summed E-state index contributed by atoms with van der Waals surface area (Å²) in [6.45, 7) is 0. The maximum Gasteiger partial charge on any atom is 0.0890 e. The van der Waals surface area contributed by atoms with Crippen molar-refractivity contribution in [2.75, 3.05) is 0 Å². The fourth-order valence-electron chi connectivity index (χ4n) is 6.80. The lowest BCUT2D eigenvalue weighted by atomic mass is 10.2. The Hall–Kier alpha value is -3.38. The van der Waals surface area contributed by atoms with E-state index in [4.69, 9.17) is 0 Å². The fourth-order valence-corrected chi connectivity index (χ4v) is 14.7. The van der Waals surface area contributed by atoms with E-state index in [0.717, 1.165) is 37.0 Å². The predicted octanol–water partition coefficient (Wildman–Crippen LogP) is 7.26. The molecule has 0 N–H and O–H groups in total. The lowest BCUT2D eigenvalue weighted by Gasteiger charge is -2.26. The van der Waals surface area contributed by atoms with E-state index in [1.165, 1.54) is 33.4 Å². The van der Waals surface area contributed by atoms with Crippen molar-refractivity contribution in [3.63, 3.8) is 0 Å². The standard InChI is InChI=1S/C46H46P2.2BrH/c1-7-21-41(22-8-1)35-47(36-42-23-9-2-10-24-42,37-43-25-11-3-12-26-43)33-19-20-34-48(38-44-27-13-4-14-28-44,39-45-29-15-5-16-30-45)40-46-31-17-6-18-32-46;;/h1-34H,35-40H2;2*1H/q+2;;/p-2. The molecular formula is C46H46Br2P2. The van der Waals surface area contributed by atoms with Gasteiger partial charge in [0.2, 0.25) is 0 Å². The van der Waals surface area contributed by atoms with Crippen LogP contribution in [0.2, 0.25) is 0 Å². The molecule has 6 aromatic carbocycles. The monoisotopic (exact) mass is 818 g/mol. The molecule has 0 amide bonds. The van der Waals surface area contributed by atoms with Crippen LogP contribution in [0.3, 0.4) is 0 Å². The molecular weight excluding hydrogens is 774 g/mol. The molecule has 254 valence electrons. The van der Waals surface area contributed by atoms with E-state index in [9.17, 15) is 0 Å². The molecule has 50 heavy (non-hydrogen) atoms. The summed E-state index contributed by atoms with van der Waals surface area (Å²) in [6.07, 6.45) is 11.4. The third-order valence-corrected chi connectivity index (χ3v) is 16.5. The third-order valence-electron chi connectivity index (χ3n) is 8.96. The fraction of sp³-hybridized carbons (Fsp3) is 0.130. The highest BCUT2D eigenvalue weighted by atomic mass is 79.9. The van der Waals surface area contributed by atoms with E-state index >= 15 is 0 Å². The molecule has 6 aromatic rings. The van der Waals surface area contributed by atoms with Crippen molar-refractivity contribution in [2.24, 2.45) is 0 Å². The molecule has 0 atom stereocenters. The average Bonchev–Trinajstić information content (AvgIpc) is 3.13. The second-order valence-electron chi connectivity index (χ2n) is 13.0. The summed E-state index contributed by atoms with van der Waals surface area (Å²) in [7, 11) is -3.33. The lowest BCUT2D eigenvalue weighted by Crippen LogP contribution is -3.00. The van der Waals surface area contributed by atoms with Gasteiger partial charge in [0, 0.05) is 0 Å². The minimum Gasteiger partial charge on any atom is -1.00 e. The van der Waals surface area contributed by atoms with E-state index in [2.05, 4.69) is 206 Å². The first kappa shape index (κ1) is 39.4. The van der Waals surface area contributed by atoms with Crippen LogP contribution in [0.15, 0.2) is 206 Å². The van der Waals surface area contributed by atoms with Crippen LogP contribution in [-0.2, 0) is 37.0 Å². The summed E-state index contributed by atoms with van der Waals surface area (Å²) >= 11 is 0. The van der Waals surface area contributed by atoms with Crippen LogP contribution in [0, 0.1) is 0 Å². The molecule has 0 aliphatic heterocycles. The summed E-state index contributed by atoms with van der Waals surface area (Å²) in [6, 6.07) is 66.8. The van der Waals surface area contributed by atoms with Crippen molar-refractivity contribution < 1.29 is 34.0 Å². The van der Waals surface area contributed by atoms with Crippen molar-refractivity contribution >= 4 is 14.5 Å². The Morgan fingerprint density at radius 2 is 0.420 bits per heavy atom. The summed E-state index contributed by atoms with van der Waals surface area (Å²) < 4.78 is 0. The van der Waals surface area contributed by atoms with Crippen LogP contribution < -0.4 is 34.0 Å². The number of hydrogen-bond donors (Lipinski definition) is 0. The van der Waals surface area contributed by atoms with Gasteiger partial charge in [0.25, 0.3) is 0 Å². The highest BCUT2D eigenvalue weighted by Crippen LogP contribution is 2.69. The molecule has 0 saturated carbocycles. The summed E-state index contributed by atoms with van der Waals surface area (Å²) in [5.74, 6) is 5.28. The van der Waals surface area contributed by atoms with Gasteiger partial charge in [-0.15, -0.1) is 0 Å². The van der Waals surface area contributed by atoms with Gasteiger partial charge in [-0.05, 0) is 45.5 Å². The van der Waals surface area contributed by atoms with Gasteiger partial charge in [-0.1, -0.05) is 182 Å². The number of allylic oxidation sites excluding steroid dienone is 2. The molecule has 6 rings (SSSR count). The van der Waals surface area contributed by atoms with Crippen LogP contribution >= 0.6 is 14.5 Å². The summed E-state index contributed by atoms with van der Waals surface area (Å²) in [5, 5.41) is 0. The number of benzene rings is 6. The molecule has 0 radical (unpaired) electrons. The number of halogens is 2. The topological polar surface area (TPSA) is 0 Å². The third kappa shape index (κ3) is 12.1. The first-order valence-corrected chi connectivity index (χ1v) is 21.8. The van der Waals surface area contributed by atoms with Crippen molar-refractivity contribution in [1.82, 2.24) is 0 Å². The van der Waals surface area contributed by atoms with Crippen LogP contribution in [0.25, 0.3) is 0 Å². The molecule has 0 spiro atoms. The highest BCUT2D eigenvalue weighted by Gasteiger charge is 2.38. The van der Waals surface area contributed by atoms with Crippen LogP contribution in [0.5, 0.6) is 0 Å². The van der Waals surface area contributed by atoms with Crippen LogP contribution in [-0.4, -0.2) is 0 Å². The quantitative estimate of drug-likeness (QED) is 0.0757. The maximum atomic E-state index is 2.64. The zero-order valence-electron chi connectivity index (χ0n) is 28.5. The largest absolute Gasteiger partial charge is 1.00 e. The SMILES string of the molecule is C(C=C[P+](Cc1ccccc1)(Cc1ccccc1)Cc1ccccc1)=C[P+](Cc1ccccc1)(Cc1ccccc1)Cc1ccccc1.[Br-].[Br-]. The highest BCUT2D eigenvalue weighted by molar-refractivity contribution is 7.77. The van der Waals surface area contributed by atoms with Gasteiger partial charge in [-0.2, -0.15) is 0 Å². The normalized spacial score (nSPS) is 11.6. The van der Waals surface area contributed by atoms with Crippen molar-refractivity contribution in [3.05, 3.63) is 239 Å². The molecule has 0 heterocycles. The zero-order chi connectivity index (χ0) is 32.7. The van der Waals surface area contributed by atoms with Gasteiger partial charge in [-0.3, -0.25) is 0 Å². The van der Waals surface area contributed by atoms with Crippen molar-refractivity contribution in [3.8, 4) is 0 Å². The van der Waals surface area contributed by atoms with Crippen molar-refractivity contribution in [1.29, 1.82) is 0 Å². The maximum absolute atomic E-state index is 2.64. The van der Waals surface area contributed by atoms with Gasteiger partial charge in [0.1, 0.15) is 0 Å². The van der Waals surface area contributed by atoms with Gasteiger partial charge < -0.3 is 34.0 Å². The van der Waals surface area contributed by atoms with E-state index in [-0.39, 0.29) is 34.0 Å². The molecule has 0 fully saturated rings. The zero-order valence-corrected chi connectivity index (χ0v) is 33.5. The second-order valence-corrected chi connectivity index (χ2v) is 20.4. The Morgan fingerprint density at radius 1 is 0.260 bits per heavy atom. The molecule has 0 bridgehead atoms. The predicted molar refractivity (Wildman–Crippen MR) is 213 cm³/mol. The van der Waals surface area contributed by atoms with Gasteiger partial charge in [0.15, 0.2) is 0 Å². The van der Waals surface area contributed by atoms with E-state index in [1.54, 1.807) is 0 Å². The Labute approximate surface area is 322 Å². The van der Waals surface area contributed by atoms with Gasteiger partial charge in [-0.25, -0.2) is 0 Å².